The first-order chi connectivity index (χ1) is 10.3. The summed E-state index contributed by atoms with van der Waals surface area (Å²) in [6.45, 7) is 0. The highest BCUT2D eigenvalue weighted by atomic mass is 16.6. The molecule has 0 saturated heterocycles. The lowest BCUT2D eigenvalue weighted by Crippen LogP contribution is -2.29. The second-order valence-corrected chi connectivity index (χ2v) is 4.52. The van der Waals surface area contributed by atoms with Gasteiger partial charge in [0.2, 0.25) is 0 Å². The Morgan fingerprint density at radius 1 is 0.952 bits per heavy atom. The summed E-state index contributed by atoms with van der Waals surface area (Å²) in [6, 6.07) is 19.3. The van der Waals surface area contributed by atoms with Crippen LogP contribution in [-0.4, -0.2) is 16.2 Å². The molecule has 0 fully saturated rings. The molecule has 21 heavy (non-hydrogen) atoms. The number of carbonyl (C=O) groups is 1. The molecule has 0 aliphatic carbocycles. The van der Waals surface area contributed by atoms with Gasteiger partial charge in [-0.1, -0.05) is 65.8 Å². The molecule has 1 aromatic heterocycles. The van der Waals surface area contributed by atoms with E-state index in [9.17, 15) is 4.79 Å². The summed E-state index contributed by atoms with van der Waals surface area (Å²) >= 11 is 0. The number of amides is 1. The number of hydrogen-bond donors (Lipinski definition) is 1. The Balaban J connectivity index is 1.92. The van der Waals surface area contributed by atoms with Gasteiger partial charge in [-0.05, 0) is 16.3 Å². The van der Waals surface area contributed by atoms with Gasteiger partial charge in [-0.3, -0.25) is 4.79 Å². The van der Waals surface area contributed by atoms with Gasteiger partial charge in [-0.2, -0.15) is 0 Å². The quantitative estimate of drug-likeness (QED) is 0.797. The maximum atomic E-state index is 12.2. The third-order valence-electron chi connectivity index (χ3n) is 3.14. The standard InChI is InChI=1S/C16H13N3O2/c20-16(14-11-17-21-19-14)18-15(12-7-3-1-4-8-12)13-9-5-2-6-10-13/h1-11,15H,(H,18,20). The maximum absolute atomic E-state index is 12.2. The molecule has 0 aliphatic heterocycles. The van der Waals surface area contributed by atoms with Crippen molar-refractivity contribution in [2.45, 2.75) is 6.04 Å². The van der Waals surface area contributed by atoms with Crippen LogP contribution < -0.4 is 5.32 Å². The number of aromatic nitrogens is 2. The molecule has 0 spiro atoms. The summed E-state index contributed by atoms with van der Waals surface area (Å²) in [6.07, 6.45) is 1.29. The van der Waals surface area contributed by atoms with Crippen molar-refractivity contribution in [3.8, 4) is 0 Å². The second kappa shape index (κ2) is 6.00. The first-order valence-corrected chi connectivity index (χ1v) is 6.53. The fourth-order valence-corrected chi connectivity index (χ4v) is 2.12. The van der Waals surface area contributed by atoms with E-state index in [-0.39, 0.29) is 17.6 Å². The Morgan fingerprint density at radius 2 is 1.52 bits per heavy atom. The number of nitrogens with zero attached hydrogens (tertiary/aromatic N) is 2. The van der Waals surface area contributed by atoms with E-state index in [1.165, 1.54) is 6.20 Å². The average Bonchev–Trinajstić information content (AvgIpc) is 3.09. The van der Waals surface area contributed by atoms with Crippen molar-refractivity contribution < 1.29 is 9.42 Å². The average molecular weight is 279 g/mol. The first kappa shape index (κ1) is 13.1. The third kappa shape index (κ3) is 2.97. The van der Waals surface area contributed by atoms with E-state index < -0.39 is 0 Å². The topological polar surface area (TPSA) is 68.0 Å². The van der Waals surface area contributed by atoms with Crippen LogP contribution in [0.3, 0.4) is 0 Å². The molecule has 1 heterocycles. The van der Waals surface area contributed by atoms with Crippen molar-refractivity contribution in [2.24, 2.45) is 0 Å². The molecule has 3 aromatic rings. The molecule has 0 atom stereocenters. The van der Waals surface area contributed by atoms with Crippen molar-refractivity contribution in [1.29, 1.82) is 0 Å². The maximum Gasteiger partial charge on any atom is 0.275 e. The predicted octanol–water partition coefficient (Wildman–Crippen LogP) is 2.59. The molecule has 0 unspecified atom stereocenters. The van der Waals surface area contributed by atoms with Gasteiger partial charge in [-0.25, -0.2) is 4.63 Å². The molecule has 0 aliphatic rings. The largest absolute Gasteiger partial charge is 0.340 e. The van der Waals surface area contributed by atoms with Gasteiger partial charge in [0.15, 0.2) is 5.69 Å². The van der Waals surface area contributed by atoms with E-state index in [2.05, 4.69) is 20.3 Å². The molecular formula is C16H13N3O2. The summed E-state index contributed by atoms with van der Waals surface area (Å²) in [7, 11) is 0. The van der Waals surface area contributed by atoms with E-state index in [1.807, 2.05) is 60.7 Å². The van der Waals surface area contributed by atoms with Gasteiger partial charge in [-0.15, -0.1) is 0 Å². The third-order valence-corrected chi connectivity index (χ3v) is 3.14. The zero-order valence-corrected chi connectivity index (χ0v) is 11.1. The fraction of sp³-hybridized carbons (Fsp3) is 0.0625. The molecule has 1 amide bonds. The zero-order chi connectivity index (χ0) is 14.5. The minimum Gasteiger partial charge on any atom is -0.340 e. The van der Waals surface area contributed by atoms with Crippen molar-refractivity contribution >= 4 is 5.91 Å². The van der Waals surface area contributed by atoms with Crippen LogP contribution in [0.25, 0.3) is 0 Å². The van der Waals surface area contributed by atoms with Gasteiger partial charge in [0.25, 0.3) is 5.91 Å². The number of rotatable bonds is 4. The van der Waals surface area contributed by atoms with Crippen molar-refractivity contribution in [1.82, 2.24) is 15.6 Å². The van der Waals surface area contributed by atoms with Gasteiger partial charge >= 0.3 is 0 Å². The summed E-state index contributed by atoms with van der Waals surface area (Å²) in [5, 5.41) is 9.96. The highest BCUT2D eigenvalue weighted by Crippen LogP contribution is 2.22. The molecule has 0 bridgehead atoms. The summed E-state index contributed by atoms with van der Waals surface area (Å²) < 4.78 is 4.47. The summed E-state index contributed by atoms with van der Waals surface area (Å²) in [5.74, 6) is -0.325. The SMILES string of the molecule is O=C(NC(c1ccccc1)c1ccccc1)c1cnon1. The minimum atomic E-state index is -0.325. The molecular weight excluding hydrogens is 266 g/mol. The number of benzene rings is 2. The van der Waals surface area contributed by atoms with Crippen LogP contribution in [0.1, 0.15) is 27.7 Å². The normalized spacial score (nSPS) is 10.5. The lowest BCUT2D eigenvalue weighted by molar-refractivity contribution is 0.0933. The van der Waals surface area contributed by atoms with Crippen LogP contribution in [0, 0.1) is 0 Å². The van der Waals surface area contributed by atoms with Crippen LogP contribution in [0.4, 0.5) is 0 Å². The number of hydrogen-bond acceptors (Lipinski definition) is 4. The van der Waals surface area contributed by atoms with Gasteiger partial charge in [0.1, 0.15) is 6.20 Å². The van der Waals surface area contributed by atoms with Crippen molar-refractivity contribution in [3.63, 3.8) is 0 Å². The Bertz CT molecular complexity index is 657. The molecule has 5 nitrogen and oxygen atoms in total. The highest BCUT2D eigenvalue weighted by molar-refractivity contribution is 5.92. The van der Waals surface area contributed by atoms with Gasteiger partial charge in [0, 0.05) is 0 Å². The van der Waals surface area contributed by atoms with Crippen molar-refractivity contribution in [2.75, 3.05) is 0 Å². The molecule has 2 aromatic carbocycles. The van der Waals surface area contributed by atoms with Crippen LogP contribution >= 0.6 is 0 Å². The Kier molecular flexibility index (Phi) is 3.73. The molecule has 1 N–H and O–H groups in total. The first-order valence-electron chi connectivity index (χ1n) is 6.53. The molecule has 3 rings (SSSR count). The Morgan fingerprint density at radius 3 is 2.00 bits per heavy atom. The molecule has 5 heteroatoms. The van der Waals surface area contributed by atoms with Crippen LogP contribution in [0.2, 0.25) is 0 Å². The van der Waals surface area contributed by atoms with Gasteiger partial charge in [0.05, 0.1) is 6.04 Å². The second-order valence-electron chi connectivity index (χ2n) is 4.52. The highest BCUT2D eigenvalue weighted by Gasteiger charge is 2.19. The smallest absolute Gasteiger partial charge is 0.275 e. The van der Waals surface area contributed by atoms with Gasteiger partial charge < -0.3 is 5.32 Å². The Hall–Kier alpha value is -2.95. The predicted molar refractivity (Wildman–Crippen MR) is 76.5 cm³/mol. The lowest BCUT2D eigenvalue weighted by Gasteiger charge is -2.19. The summed E-state index contributed by atoms with van der Waals surface area (Å²) in [5.41, 5.74) is 2.15. The van der Waals surface area contributed by atoms with Crippen molar-refractivity contribution in [3.05, 3.63) is 83.7 Å². The van der Waals surface area contributed by atoms with Crippen LogP contribution in [0.5, 0.6) is 0 Å². The number of carbonyl (C=O) groups excluding carboxylic acids is 1. The van der Waals surface area contributed by atoms with Crippen LogP contribution in [-0.2, 0) is 0 Å². The summed E-state index contributed by atoms with van der Waals surface area (Å²) in [4.78, 5) is 12.2. The molecule has 0 saturated carbocycles. The lowest BCUT2D eigenvalue weighted by atomic mass is 9.98. The zero-order valence-electron chi connectivity index (χ0n) is 11.1. The molecule has 0 radical (unpaired) electrons. The van der Waals surface area contributed by atoms with E-state index in [1.54, 1.807) is 0 Å². The number of nitrogens with one attached hydrogen (secondary N) is 1. The van der Waals surface area contributed by atoms with E-state index in [4.69, 9.17) is 0 Å². The van der Waals surface area contributed by atoms with E-state index >= 15 is 0 Å². The van der Waals surface area contributed by atoms with Crippen LogP contribution in [0.15, 0.2) is 71.5 Å². The van der Waals surface area contributed by atoms with E-state index in [0.29, 0.717) is 0 Å². The minimum absolute atomic E-state index is 0.159. The van der Waals surface area contributed by atoms with E-state index in [0.717, 1.165) is 11.1 Å². The molecule has 104 valence electrons. The monoisotopic (exact) mass is 279 g/mol. The Labute approximate surface area is 121 Å². The fourth-order valence-electron chi connectivity index (χ4n) is 2.12.